The van der Waals surface area contributed by atoms with Crippen molar-refractivity contribution < 1.29 is 23.4 Å². The maximum Gasteiger partial charge on any atom is 0.407 e. The molecule has 0 saturated carbocycles. The number of hydrogen-bond acceptors (Lipinski definition) is 6. The molecule has 0 aliphatic rings. The van der Waals surface area contributed by atoms with Crippen molar-refractivity contribution in [1.29, 1.82) is 0 Å². The summed E-state index contributed by atoms with van der Waals surface area (Å²) in [4.78, 5) is 30.6. The van der Waals surface area contributed by atoms with Crippen molar-refractivity contribution in [3.8, 4) is 11.5 Å². The lowest BCUT2D eigenvalue weighted by molar-refractivity contribution is 0.0479. The summed E-state index contributed by atoms with van der Waals surface area (Å²) < 4.78 is 33.8. The van der Waals surface area contributed by atoms with Gasteiger partial charge in [0.2, 0.25) is 0 Å². The second kappa shape index (κ2) is 12.2. The van der Waals surface area contributed by atoms with Crippen molar-refractivity contribution in [3.63, 3.8) is 0 Å². The Morgan fingerprint density at radius 1 is 1.10 bits per heavy atom. The summed E-state index contributed by atoms with van der Waals surface area (Å²) >= 11 is 0. The number of nitrogens with zero attached hydrogens (tertiary/aromatic N) is 2. The molecule has 4 aromatic rings. The van der Waals surface area contributed by atoms with Crippen LogP contribution in [0.4, 0.5) is 9.18 Å². The second-order valence-corrected chi connectivity index (χ2v) is 11.6. The molecule has 8 nitrogen and oxygen atoms in total. The van der Waals surface area contributed by atoms with Gasteiger partial charge in [0.15, 0.2) is 11.6 Å². The molecule has 1 atom stereocenters. The summed E-state index contributed by atoms with van der Waals surface area (Å²) in [6.07, 6.45) is 1.66. The van der Waals surface area contributed by atoms with E-state index in [-0.39, 0.29) is 30.4 Å². The van der Waals surface area contributed by atoms with Crippen LogP contribution in [0.2, 0.25) is 0 Å². The Bertz CT molecular complexity index is 1610. The number of aromatic nitrogens is 2. The first-order chi connectivity index (χ1) is 19.4. The minimum Gasteiger partial charge on any atom is -0.497 e. The number of carbonyl (C=O) groups excluding carboxylic acids is 1. The zero-order valence-electron chi connectivity index (χ0n) is 24.7. The number of rotatable bonds is 9. The molecule has 41 heavy (non-hydrogen) atoms. The van der Waals surface area contributed by atoms with Gasteiger partial charge in [-0.05, 0) is 75.2 Å². The van der Waals surface area contributed by atoms with E-state index in [1.807, 2.05) is 38.1 Å². The van der Waals surface area contributed by atoms with Crippen LogP contribution in [0.15, 0.2) is 53.5 Å². The summed E-state index contributed by atoms with van der Waals surface area (Å²) in [6, 6.07) is 11.7. The third kappa shape index (κ3) is 7.14. The number of aryl methyl sites for hydroxylation is 1. The lowest BCUT2D eigenvalue weighted by Gasteiger charge is -2.25. The van der Waals surface area contributed by atoms with Gasteiger partial charge in [0.25, 0.3) is 5.56 Å². The van der Waals surface area contributed by atoms with Crippen LogP contribution >= 0.6 is 0 Å². The minimum atomic E-state index is -0.651. The second-order valence-electron chi connectivity index (χ2n) is 11.6. The molecule has 0 fully saturated rings. The summed E-state index contributed by atoms with van der Waals surface area (Å²) in [5.74, 6) is 0.379. The molecular weight excluding hydrogens is 525 g/mol. The highest BCUT2D eigenvalue weighted by atomic mass is 19.1. The Labute approximate surface area is 239 Å². The van der Waals surface area contributed by atoms with Gasteiger partial charge in [-0.1, -0.05) is 26.0 Å². The van der Waals surface area contributed by atoms with Crippen LogP contribution in [0.25, 0.3) is 21.7 Å². The van der Waals surface area contributed by atoms with Crippen LogP contribution in [0.1, 0.15) is 52.3 Å². The lowest BCUT2D eigenvalue weighted by atomic mass is 10.0. The van der Waals surface area contributed by atoms with Crippen molar-refractivity contribution in [1.82, 2.24) is 14.9 Å². The number of fused-ring (bicyclic) bond motifs is 3. The molecule has 4 rings (SSSR count). The average Bonchev–Trinajstić information content (AvgIpc) is 2.89. The van der Waals surface area contributed by atoms with Crippen molar-refractivity contribution in [2.75, 3.05) is 13.7 Å². The van der Waals surface area contributed by atoms with Crippen molar-refractivity contribution >= 4 is 27.8 Å². The molecule has 218 valence electrons. The Morgan fingerprint density at radius 2 is 1.80 bits per heavy atom. The number of amides is 1. The van der Waals surface area contributed by atoms with Gasteiger partial charge in [-0.25, -0.2) is 9.18 Å². The van der Waals surface area contributed by atoms with E-state index in [4.69, 9.17) is 14.2 Å². The highest BCUT2D eigenvalue weighted by molar-refractivity contribution is 6.06. The number of halogens is 1. The number of pyridine rings is 2. The van der Waals surface area contributed by atoms with Gasteiger partial charge in [-0.3, -0.25) is 9.78 Å². The lowest BCUT2D eigenvalue weighted by Crippen LogP contribution is -2.42. The molecule has 0 spiro atoms. The van der Waals surface area contributed by atoms with Gasteiger partial charge in [0.05, 0.1) is 36.3 Å². The van der Waals surface area contributed by atoms with Crippen LogP contribution in [0.3, 0.4) is 0 Å². The third-order valence-corrected chi connectivity index (χ3v) is 6.65. The predicted octanol–water partition coefficient (Wildman–Crippen LogP) is 6.37. The van der Waals surface area contributed by atoms with E-state index < -0.39 is 23.6 Å². The molecule has 1 unspecified atom stereocenters. The fourth-order valence-electron chi connectivity index (χ4n) is 4.87. The number of methoxy groups -OCH3 is 1. The maximum atomic E-state index is 15.5. The minimum absolute atomic E-state index is 0.00902. The highest BCUT2D eigenvalue weighted by Crippen LogP contribution is 2.30. The zero-order chi connectivity index (χ0) is 29.9. The molecule has 2 heterocycles. The molecule has 0 aliphatic carbocycles. The van der Waals surface area contributed by atoms with E-state index in [9.17, 15) is 9.59 Å². The number of alkyl carbamates (subject to hydrolysis) is 1. The molecule has 1 N–H and O–H groups in total. The molecule has 0 aliphatic heterocycles. The van der Waals surface area contributed by atoms with Gasteiger partial charge in [0, 0.05) is 17.6 Å². The molecule has 0 radical (unpaired) electrons. The topological polar surface area (TPSA) is 91.7 Å². The molecule has 1 amide bonds. The summed E-state index contributed by atoms with van der Waals surface area (Å²) in [5, 5.41) is 4.49. The molecule has 0 bridgehead atoms. The van der Waals surface area contributed by atoms with Crippen molar-refractivity contribution in [3.05, 3.63) is 76.1 Å². The SMILES string of the molecule is COc1ccc(Cn2c(=O)c3c(C)nccc3c3cc(F)c(OCC(CC(C)C)NC(=O)OC(C)(C)C)cc32)cc1. The van der Waals surface area contributed by atoms with Crippen LogP contribution < -0.4 is 20.3 Å². The standard InChI is InChI=1S/C32H38FN3O5/c1-19(2)14-22(35-31(38)41-32(4,5)6)18-40-28-16-27-25(15-26(28)33)24-12-13-34-20(3)29(24)30(37)36(27)17-21-8-10-23(39-7)11-9-21/h8-13,15-16,19,22H,14,17-18H2,1-7H3,(H,35,38). The van der Waals surface area contributed by atoms with Gasteiger partial charge in [-0.15, -0.1) is 0 Å². The molecule has 2 aromatic carbocycles. The van der Waals surface area contributed by atoms with E-state index >= 15 is 4.39 Å². The van der Waals surface area contributed by atoms with Crippen molar-refractivity contribution in [2.45, 2.75) is 66.2 Å². The molecule has 0 saturated heterocycles. The molecule has 2 aromatic heterocycles. The van der Waals surface area contributed by atoms with Crippen LogP contribution in [0, 0.1) is 18.7 Å². The zero-order valence-corrected chi connectivity index (χ0v) is 24.7. The Hall–Kier alpha value is -4.14. The number of nitrogens with one attached hydrogen (secondary N) is 1. The number of ether oxygens (including phenoxy) is 3. The van der Waals surface area contributed by atoms with Crippen LogP contribution in [0.5, 0.6) is 11.5 Å². The summed E-state index contributed by atoms with van der Waals surface area (Å²) in [7, 11) is 1.59. The maximum absolute atomic E-state index is 15.5. The summed E-state index contributed by atoms with van der Waals surface area (Å²) in [6.45, 7) is 11.5. The third-order valence-electron chi connectivity index (χ3n) is 6.65. The van der Waals surface area contributed by atoms with Gasteiger partial charge in [-0.2, -0.15) is 0 Å². The first-order valence-corrected chi connectivity index (χ1v) is 13.7. The Morgan fingerprint density at radius 3 is 2.44 bits per heavy atom. The Kier molecular flexibility index (Phi) is 8.85. The van der Waals surface area contributed by atoms with Gasteiger partial charge >= 0.3 is 6.09 Å². The summed E-state index contributed by atoms with van der Waals surface area (Å²) in [5.41, 5.74) is 1.10. The van der Waals surface area contributed by atoms with Crippen LogP contribution in [-0.4, -0.2) is 41.0 Å². The highest BCUT2D eigenvalue weighted by Gasteiger charge is 2.22. The first-order valence-electron chi connectivity index (χ1n) is 13.7. The van der Waals surface area contributed by atoms with E-state index in [2.05, 4.69) is 10.3 Å². The van der Waals surface area contributed by atoms with Crippen molar-refractivity contribution in [2.24, 2.45) is 5.92 Å². The monoisotopic (exact) mass is 563 g/mol. The largest absolute Gasteiger partial charge is 0.497 e. The normalized spacial score (nSPS) is 12.5. The average molecular weight is 564 g/mol. The van der Waals surface area contributed by atoms with E-state index in [0.29, 0.717) is 39.5 Å². The Balaban J connectivity index is 1.75. The van der Waals surface area contributed by atoms with E-state index in [1.165, 1.54) is 6.07 Å². The fourth-order valence-corrected chi connectivity index (χ4v) is 4.87. The van der Waals surface area contributed by atoms with E-state index in [0.717, 1.165) is 5.56 Å². The smallest absolute Gasteiger partial charge is 0.407 e. The number of carbonyl (C=O) groups is 1. The number of benzene rings is 2. The van der Waals surface area contributed by atoms with Gasteiger partial charge in [0.1, 0.15) is 18.0 Å². The molecule has 9 heteroatoms. The molecular formula is C32H38FN3O5. The number of hydrogen-bond donors (Lipinski definition) is 1. The first kappa shape index (κ1) is 29.8. The van der Waals surface area contributed by atoms with E-state index in [1.54, 1.807) is 57.7 Å². The predicted molar refractivity (Wildman–Crippen MR) is 158 cm³/mol. The van der Waals surface area contributed by atoms with Gasteiger partial charge < -0.3 is 24.1 Å². The van der Waals surface area contributed by atoms with Crippen LogP contribution in [-0.2, 0) is 11.3 Å². The fraction of sp³-hybridized carbons (Fsp3) is 0.406. The quantitative estimate of drug-likeness (QED) is 0.238.